The van der Waals surface area contributed by atoms with E-state index in [0.29, 0.717) is 0 Å². The maximum atomic E-state index is 13.8. The van der Waals surface area contributed by atoms with E-state index in [1.807, 2.05) is 33.9 Å². The largest absolute Gasteiger partial charge is 0.504 e. The molecular formula is C34H38O14Si. The molecule has 1 heterocycles. The number of Topliss-reactive ketones (excluding diaryl/α,β-unsaturated/α-hetero) is 2. The number of carbonyl (C=O) groups excluding carboxylic acids is 3. The molecule has 1 unspecified atom stereocenters. The zero-order valence-electron chi connectivity index (χ0n) is 28.5. The predicted octanol–water partition coefficient (Wildman–Crippen LogP) is 5.49. The zero-order valence-corrected chi connectivity index (χ0v) is 29.5. The number of rotatable bonds is 11. The molecule has 1 aromatic heterocycles. The highest BCUT2D eigenvalue weighted by atomic mass is 28.4. The van der Waals surface area contributed by atoms with E-state index in [-0.39, 0.29) is 39.0 Å². The molecule has 0 aliphatic carbocycles. The van der Waals surface area contributed by atoms with Crippen LogP contribution in [0.4, 0.5) is 0 Å². The number of phenols is 4. The second kappa shape index (κ2) is 13.3. The average molecular weight is 699 g/mol. The minimum absolute atomic E-state index is 0.0355. The summed E-state index contributed by atoms with van der Waals surface area (Å²) < 4.78 is 32.2. The molecule has 14 nitrogen and oxygen atoms in total. The van der Waals surface area contributed by atoms with Gasteiger partial charge in [-0.3, -0.25) is 9.59 Å². The minimum atomic E-state index is -2.82. The van der Waals surface area contributed by atoms with Crippen LogP contribution in [0.2, 0.25) is 18.1 Å². The first-order valence-electron chi connectivity index (χ1n) is 14.9. The number of fused-ring (bicyclic) bond motifs is 2. The van der Waals surface area contributed by atoms with Crippen LogP contribution in [0.15, 0.2) is 33.5 Å². The fraction of sp³-hybridized carbons (Fsp3) is 0.353. The van der Waals surface area contributed by atoms with Crippen LogP contribution in [0.5, 0.6) is 40.2 Å². The average Bonchev–Trinajstić information content (AvgIpc) is 3.04. The van der Waals surface area contributed by atoms with Crippen molar-refractivity contribution in [2.75, 3.05) is 28.4 Å². The number of hydrogen-bond donors (Lipinski definition) is 4. The summed E-state index contributed by atoms with van der Waals surface area (Å²) in [4.78, 5) is 52.4. The highest BCUT2D eigenvalue weighted by molar-refractivity contribution is 6.74. The summed E-state index contributed by atoms with van der Waals surface area (Å²) in [6.45, 7) is 9.47. The summed E-state index contributed by atoms with van der Waals surface area (Å²) in [6, 6.07) is 4.97. The molecule has 49 heavy (non-hydrogen) atoms. The third-order valence-corrected chi connectivity index (χ3v) is 13.3. The smallest absolute Gasteiger partial charge is 0.374 e. The van der Waals surface area contributed by atoms with Crippen LogP contribution in [-0.2, 0) is 14.0 Å². The van der Waals surface area contributed by atoms with E-state index in [1.54, 1.807) is 0 Å². The Hall–Kier alpha value is -5.28. The van der Waals surface area contributed by atoms with E-state index in [4.69, 9.17) is 23.1 Å². The lowest BCUT2D eigenvalue weighted by molar-refractivity contribution is -0.116. The van der Waals surface area contributed by atoms with Crippen molar-refractivity contribution < 1.29 is 62.6 Å². The lowest BCUT2D eigenvalue weighted by Crippen LogP contribution is -2.42. The Morgan fingerprint density at radius 1 is 0.816 bits per heavy atom. The van der Waals surface area contributed by atoms with E-state index >= 15 is 0 Å². The maximum absolute atomic E-state index is 13.8. The van der Waals surface area contributed by atoms with E-state index in [1.165, 1.54) is 39.5 Å². The molecule has 0 saturated heterocycles. The Kier molecular flexibility index (Phi) is 9.93. The van der Waals surface area contributed by atoms with E-state index < -0.39 is 88.7 Å². The fourth-order valence-electron chi connectivity index (χ4n) is 5.12. The quantitative estimate of drug-likeness (QED) is 0.0502. The first-order chi connectivity index (χ1) is 22.8. The molecule has 0 saturated carbocycles. The number of aromatic hydroxyl groups is 4. The number of hydrogen-bond acceptors (Lipinski definition) is 14. The molecule has 0 aliphatic heterocycles. The van der Waals surface area contributed by atoms with Gasteiger partial charge < -0.3 is 48.2 Å². The van der Waals surface area contributed by atoms with Crippen LogP contribution < -0.4 is 19.8 Å². The molecule has 3 aromatic carbocycles. The molecule has 4 aromatic rings. The van der Waals surface area contributed by atoms with Crippen molar-refractivity contribution in [3.05, 3.63) is 51.6 Å². The molecule has 0 fully saturated rings. The molecule has 262 valence electrons. The van der Waals surface area contributed by atoms with Crippen molar-refractivity contribution in [2.24, 2.45) is 0 Å². The molecule has 0 spiro atoms. The van der Waals surface area contributed by atoms with Gasteiger partial charge in [-0.15, -0.1) is 0 Å². The monoisotopic (exact) mass is 698 g/mol. The van der Waals surface area contributed by atoms with Crippen molar-refractivity contribution in [1.82, 2.24) is 0 Å². The SMILES string of the molecule is COC(=O)c1cc2cc(C(CC(=O)C(=O)c3cc4c(OC)cc(OC)c(OC)c4c(O)c3O)O[Si](C)(C)C(C)(C)C)c(O)c(O)c2c(=O)o1. The van der Waals surface area contributed by atoms with Gasteiger partial charge in [0.05, 0.1) is 45.5 Å². The summed E-state index contributed by atoms with van der Waals surface area (Å²) in [5.74, 6) is -6.82. The van der Waals surface area contributed by atoms with E-state index in [0.717, 1.165) is 13.2 Å². The third kappa shape index (κ3) is 6.46. The summed E-state index contributed by atoms with van der Waals surface area (Å²) >= 11 is 0. The van der Waals surface area contributed by atoms with Crippen LogP contribution in [0.3, 0.4) is 0 Å². The lowest BCUT2D eigenvalue weighted by atomic mass is 9.94. The van der Waals surface area contributed by atoms with Crippen molar-refractivity contribution >= 4 is 47.4 Å². The summed E-state index contributed by atoms with van der Waals surface area (Å²) in [5.41, 5.74) is -1.86. The number of esters is 1. The first kappa shape index (κ1) is 36.6. The lowest BCUT2D eigenvalue weighted by Gasteiger charge is -2.39. The van der Waals surface area contributed by atoms with Crippen molar-refractivity contribution in [1.29, 1.82) is 0 Å². The second-order valence-electron chi connectivity index (χ2n) is 12.7. The highest BCUT2D eigenvalue weighted by Crippen LogP contribution is 2.50. The van der Waals surface area contributed by atoms with Crippen LogP contribution in [0.1, 0.15) is 59.8 Å². The normalized spacial score (nSPS) is 12.5. The first-order valence-corrected chi connectivity index (χ1v) is 17.8. The summed E-state index contributed by atoms with van der Waals surface area (Å²) in [7, 11) is 2.27. The molecule has 0 bridgehead atoms. The van der Waals surface area contributed by atoms with E-state index in [2.05, 4.69) is 4.74 Å². The van der Waals surface area contributed by atoms with E-state index in [9.17, 15) is 39.6 Å². The van der Waals surface area contributed by atoms with Gasteiger partial charge in [0.2, 0.25) is 17.3 Å². The van der Waals surface area contributed by atoms with Crippen LogP contribution in [0, 0.1) is 0 Å². The van der Waals surface area contributed by atoms with Crippen LogP contribution in [0.25, 0.3) is 21.5 Å². The van der Waals surface area contributed by atoms with Gasteiger partial charge in [0, 0.05) is 23.4 Å². The number of phenolic OH excluding ortho intramolecular Hbond substituents is 4. The Morgan fingerprint density at radius 3 is 1.98 bits per heavy atom. The molecule has 0 radical (unpaired) electrons. The Morgan fingerprint density at radius 2 is 1.43 bits per heavy atom. The standard InChI is InChI=1S/C34H38O14Si/c1-34(2,3)49(8,9)48-21(17-10-15-11-23(32(41)46-7)47-33(42)24(15)29(39)27(17)37)13-19(35)26(36)18-12-16-20(43-4)14-22(44-5)31(45-6)25(16)30(40)28(18)38/h10-12,14,21,37-40H,13H2,1-9H3. The number of benzene rings is 3. The highest BCUT2D eigenvalue weighted by Gasteiger charge is 2.41. The molecule has 0 amide bonds. The number of carbonyl (C=O) groups is 3. The molecule has 15 heteroatoms. The van der Waals surface area contributed by atoms with Gasteiger partial charge in [-0.2, -0.15) is 0 Å². The van der Waals surface area contributed by atoms with Crippen LogP contribution >= 0.6 is 0 Å². The second-order valence-corrected chi connectivity index (χ2v) is 17.5. The van der Waals surface area contributed by atoms with Gasteiger partial charge in [0.1, 0.15) is 11.1 Å². The third-order valence-electron chi connectivity index (χ3n) is 8.77. The number of methoxy groups -OCH3 is 4. The molecule has 4 N–H and O–H groups in total. The van der Waals surface area contributed by atoms with Gasteiger partial charge in [-0.25, -0.2) is 9.59 Å². The fourth-order valence-corrected chi connectivity index (χ4v) is 6.39. The minimum Gasteiger partial charge on any atom is -0.504 e. The van der Waals surface area contributed by atoms with Crippen molar-refractivity contribution in [3.8, 4) is 40.2 Å². The van der Waals surface area contributed by atoms with Gasteiger partial charge >= 0.3 is 11.6 Å². The maximum Gasteiger partial charge on any atom is 0.374 e. The molecule has 1 atom stereocenters. The summed E-state index contributed by atoms with van der Waals surface area (Å²) in [5, 5.41) is 43.2. The summed E-state index contributed by atoms with van der Waals surface area (Å²) in [6.07, 6.45) is -2.09. The number of ether oxygens (including phenoxy) is 4. The van der Waals surface area contributed by atoms with Crippen molar-refractivity contribution in [3.63, 3.8) is 0 Å². The molecule has 4 rings (SSSR count). The Labute approximate surface area is 281 Å². The van der Waals surface area contributed by atoms with Gasteiger partial charge in [-0.1, -0.05) is 20.8 Å². The Bertz CT molecular complexity index is 2060. The molecule has 0 aliphatic rings. The van der Waals surface area contributed by atoms with Gasteiger partial charge in [0.25, 0.3) is 0 Å². The van der Waals surface area contributed by atoms with Gasteiger partial charge in [0.15, 0.2) is 42.8 Å². The zero-order chi connectivity index (χ0) is 36.7. The topological polar surface area (TPSA) is 208 Å². The van der Waals surface area contributed by atoms with Crippen molar-refractivity contribution in [2.45, 2.75) is 51.4 Å². The van der Waals surface area contributed by atoms with Gasteiger partial charge in [-0.05, 0) is 41.7 Å². The molecular weight excluding hydrogens is 660 g/mol. The number of ketones is 2. The predicted molar refractivity (Wildman–Crippen MR) is 179 cm³/mol. The van der Waals surface area contributed by atoms with Crippen LogP contribution in [-0.4, -0.2) is 74.7 Å². The Balaban J connectivity index is 1.89.